The maximum atomic E-state index is 12.8. The average Bonchev–Trinajstić information content (AvgIpc) is 2.95. The number of hydrogen-bond acceptors (Lipinski definition) is 3. The summed E-state index contributed by atoms with van der Waals surface area (Å²) in [5.74, 6) is 0.891. The van der Waals surface area contributed by atoms with Crippen LogP contribution in [0.5, 0.6) is 0 Å². The van der Waals surface area contributed by atoms with Gasteiger partial charge in [-0.2, -0.15) is 4.31 Å². The summed E-state index contributed by atoms with van der Waals surface area (Å²) in [6.07, 6.45) is 6.96. The third kappa shape index (κ3) is 2.47. The Morgan fingerprint density at radius 2 is 2.05 bits per heavy atom. The minimum atomic E-state index is -3.46. The molecule has 1 saturated carbocycles. The van der Waals surface area contributed by atoms with Crippen LogP contribution in [0.4, 0.5) is 0 Å². The predicted molar refractivity (Wildman–Crippen MR) is 78.0 cm³/mol. The van der Waals surface area contributed by atoms with Crippen LogP contribution in [0.15, 0.2) is 23.4 Å². The molecule has 0 N–H and O–H groups in total. The number of aromatic nitrogens is 1. The van der Waals surface area contributed by atoms with E-state index in [1.54, 1.807) is 22.6 Å². The highest BCUT2D eigenvalue weighted by Crippen LogP contribution is 2.39. The Morgan fingerprint density at radius 1 is 1.25 bits per heavy atom. The van der Waals surface area contributed by atoms with Gasteiger partial charge in [0.05, 0.1) is 0 Å². The number of rotatable bonds is 3. The van der Waals surface area contributed by atoms with Gasteiger partial charge < -0.3 is 0 Å². The van der Waals surface area contributed by atoms with Gasteiger partial charge in [-0.1, -0.05) is 12.5 Å². The molecule has 3 rings (SSSR count). The molecule has 1 aromatic heterocycles. The van der Waals surface area contributed by atoms with Crippen molar-refractivity contribution in [2.75, 3.05) is 6.54 Å². The van der Waals surface area contributed by atoms with Gasteiger partial charge in [-0.05, 0) is 43.2 Å². The molecule has 6 heteroatoms. The molecule has 2 unspecified atom stereocenters. The van der Waals surface area contributed by atoms with Crippen molar-refractivity contribution in [2.24, 2.45) is 5.92 Å². The van der Waals surface area contributed by atoms with Crippen molar-refractivity contribution in [3.8, 4) is 0 Å². The van der Waals surface area contributed by atoms with Crippen molar-refractivity contribution < 1.29 is 8.42 Å². The second-order valence-electron chi connectivity index (χ2n) is 5.65. The molecule has 110 valence electrons. The maximum absolute atomic E-state index is 12.8. The second-order valence-corrected chi connectivity index (χ2v) is 7.76. The van der Waals surface area contributed by atoms with Gasteiger partial charge in [0.15, 0.2) is 5.03 Å². The van der Waals surface area contributed by atoms with E-state index in [-0.39, 0.29) is 11.1 Å². The average molecular weight is 315 g/mol. The Bertz CT molecular complexity index is 573. The quantitative estimate of drug-likeness (QED) is 0.806. The lowest BCUT2D eigenvalue weighted by Gasteiger charge is -2.36. The number of halogens is 1. The normalized spacial score (nSPS) is 27.4. The third-order valence-corrected chi connectivity index (χ3v) is 6.62. The van der Waals surface area contributed by atoms with Gasteiger partial charge in [-0.3, -0.25) is 0 Å². The zero-order valence-corrected chi connectivity index (χ0v) is 12.9. The molecule has 2 aliphatic rings. The van der Waals surface area contributed by atoms with Crippen LogP contribution in [0.2, 0.25) is 0 Å². The van der Waals surface area contributed by atoms with Crippen molar-refractivity contribution >= 4 is 21.6 Å². The zero-order chi connectivity index (χ0) is 14.2. The highest BCUT2D eigenvalue weighted by atomic mass is 35.5. The molecular formula is C14H19ClN2O2S. The molecule has 2 fully saturated rings. The fraction of sp³-hybridized carbons (Fsp3) is 0.643. The van der Waals surface area contributed by atoms with Crippen molar-refractivity contribution in [3.63, 3.8) is 0 Å². The third-order valence-electron chi connectivity index (χ3n) is 4.47. The van der Waals surface area contributed by atoms with Crippen LogP contribution in [0, 0.1) is 5.92 Å². The molecule has 4 nitrogen and oxygen atoms in total. The van der Waals surface area contributed by atoms with E-state index < -0.39 is 10.0 Å². The Balaban J connectivity index is 1.89. The van der Waals surface area contributed by atoms with Gasteiger partial charge in [0.2, 0.25) is 0 Å². The smallest absolute Gasteiger partial charge is 0.243 e. The standard InChI is InChI=1S/C14H19ClN2O2S/c15-9-11-6-7-14(16-10-11)20(18,19)17-8-2-4-12-3-1-5-13(12)17/h6-7,10,12-13H,1-5,8-9H2. The first-order valence-corrected chi connectivity index (χ1v) is 9.13. The molecule has 2 atom stereocenters. The summed E-state index contributed by atoms with van der Waals surface area (Å²) in [7, 11) is -3.46. The highest BCUT2D eigenvalue weighted by Gasteiger charge is 2.41. The molecule has 0 spiro atoms. The van der Waals surface area contributed by atoms with Gasteiger partial charge in [0, 0.05) is 24.7 Å². The SMILES string of the molecule is O=S(=O)(c1ccc(CCl)cn1)N1CCCC2CCCC21. The lowest BCUT2D eigenvalue weighted by atomic mass is 9.94. The van der Waals surface area contributed by atoms with Crippen molar-refractivity contribution in [2.45, 2.75) is 49.1 Å². The monoisotopic (exact) mass is 314 g/mol. The van der Waals surface area contributed by atoms with Gasteiger partial charge in [0.25, 0.3) is 10.0 Å². The van der Waals surface area contributed by atoms with E-state index in [1.165, 1.54) is 0 Å². The Hall–Kier alpha value is -0.650. The molecule has 1 aromatic rings. The number of sulfonamides is 1. The number of pyridine rings is 1. The van der Waals surface area contributed by atoms with Crippen LogP contribution >= 0.6 is 11.6 Å². The number of alkyl halides is 1. The lowest BCUT2D eigenvalue weighted by molar-refractivity contribution is 0.201. The fourth-order valence-electron chi connectivity index (χ4n) is 3.47. The molecule has 1 saturated heterocycles. The molecule has 0 radical (unpaired) electrons. The van der Waals surface area contributed by atoms with Crippen LogP contribution in [0.3, 0.4) is 0 Å². The molecule has 0 amide bonds. The van der Waals surface area contributed by atoms with Crippen molar-refractivity contribution in [1.29, 1.82) is 0 Å². The Morgan fingerprint density at radius 3 is 2.75 bits per heavy atom. The largest absolute Gasteiger partial charge is 0.260 e. The summed E-state index contributed by atoms with van der Waals surface area (Å²) in [6.45, 7) is 0.627. The lowest BCUT2D eigenvalue weighted by Crippen LogP contribution is -2.46. The van der Waals surface area contributed by atoms with E-state index in [0.29, 0.717) is 18.3 Å². The Labute approximate surface area is 125 Å². The van der Waals surface area contributed by atoms with Crippen LogP contribution in [0.25, 0.3) is 0 Å². The number of hydrogen-bond donors (Lipinski definition) is 0. The first kappa shape index (κ1) is 14.3. The van der Waals surface area contributed by atoms with E-state index in [2.05, 4.69) is 4.98 Å². The molecule has 20 heavy (non-hydrogen) atoms. The topological polar surface area (TPSA) is 50.3 Å². The van der Waals surface area contributed by atoms with Crippen LogP contribution in [-0.4, -0.2) is 30.3 Å². The van der Waals surface area contributed by atoms with Crippen LogP contribution < -0.4 is 0 Å². The fourth-order valence-corrected chi connectivity index (χ4v) is 5.30. The summed E-state index contributed by atoms with van der Waals surface area (Å²) < 4.78 is 27.2. The summed E-state index contributed by atoms with van der Waals surface area (Å²) in [5, 5.41) is 0.152. The minimum absolute atomic E-state index is 0.152. The second kappa shape index (κ2) is 5.62. The van der Waals surface area contributed by atoms with E-state index in [4.69, 9.17) is 11.6 Å². The van der Waals surface area contributed by atoms with Crippen LogP contribution in [-0.2, 0) is 15.9 Å². The number of nitrogens with zero attached hydrogens (tertiary/aromatic N) is 2. The van der Waals surface area contributed by atoms with E-state index in [0.717, 1.165) is 37.7 Å². The molecule has 0 aromatic carbocycles. The van der Waals surface area contributed by atoms with Gasteiger partial charge in [-0.15, -0.1) is 11.6 Å². The first-order chi connectivity index (χ1) is 9.63. The molecule has 1 aliphatic heterocycles. The summed E-state index contributed by atoms with van der Waals surface area (Å²) >= 11 is 5.72. The van der Waals surface area contributed by atoms with E-state index in [1.807, 2.05) is 0 Å². The highest BCUT2D eigenvalue weighted by molar-refractivity contribution is 7.89. The van der Waals surface area contributed by atoms with Gasteiger partial charge >= 0.3 is 0 Å². The number of fused-ring (bicyclic) bond motifs is 1. The molecule has 0 bridgehead atoms. The summed E-state index contributed by atoms with van der Waals surface area (Å²) in [6, 6.07) is 3.50. The zero-order valence-electron chi connectivity index (χ0n) is 11.3. The minimum Gasteiger partial charge on any atom is -0.243 e. The van der Waals surface area contributed by atoms with E-state index >= 15 is 0 Å². The van der Waals surface area contributed by atoms with Crippen molar-refractivity contribution in [1.82, 2.24) is 9.29 Å². The summed E-state index contributed by atoms with van der Waals surface area (Å²) in [5.41, 5.74) is 0.836. The maximum Gasteiger partial charge on any atom is 0.260 e. The van der Waals surface area contributed by atoms with Gasteiger partial charge in [0.1, 0.15) is 0 Å². The molecule has 2 heterocycles. The molecular weight excluding hydrogens is 296 g/mol. The first-order valence-electron chi connectivity index (χ1n) is 7.15. The van der Waals surface area contributed by atoms with Gasteiger partial charge in [-0.25, -0.2) is 13.4 Å². The van der Waals surface area contributed by atoms with Crippen LogP contribution in [0.1, 0.15) is 37.7 Å². The summed E-state index contributed by atoms with van der Waals surface area (Å²) in [4.78, 5) is 4.10. The Kier molecular flexibility index (Phi) is 4.02. The van der Waals surface area contributed by atoms with Crippen molar-refractivity contribution in [3.05, 3.63) is 23.9 Å². The number of piperidine rings is 1. The predicted octanol–water partition coefficient (Wildman–Crippen LogP) is 2.77. The van der Waals surface area contributed by atoms with E-state index in [9.17, 15) is 8.42 Å². The molecule has 1 aliphatic carbocycles.